The Balaban J connectivity index is 2.04. The quantitative estimate of drug-likeness (QED) is 0.888. The minimum absolute atomic E-state index is 0.0303. The van der Waals surface area contributed by atoms with Crippen LogP contribution in [-0.4, -0.2) is 27.6 Å². The molecule has 3 rings (SSSR count). The fourth-order valence-electron chi connectivity index (χ4n) is 2.09. The number of hydrogen-bond acceptors (Lipinski definition) is 4. The van der Waals surface area contributed by atoms with E-state index in [9.17, 15) is 4.79 Å². The van der Waals surface area contributed by atoms with Gasteiger partial charge in [-0.1, -0.05) is 0 Å². The molecule has 0 saturated heterocycles. The van der Waals surface area contributed by atoms with Crippen molar-refractivity contribution in [2.75, 3.05) is 6.79 Å². The van der Waals surface area contributed by atoms with Crippen LogP contribution in [0.3, 0.4) is 0 Å². The molecule has 1 aromatic carbocycles. The van der Waals surface area contributed by atoms with E-state index in [-0.39, 0.29) is 12.5 Å². The average molecular weight is 260 g/mol. The van der Waals surface area contributed by atoms with Crippen molar-refractivity contribution < 1.29 is 19.4 Å². The van der Waals surface area contributed by atoms with Crippen molar-refractivity contribution in [3.05, 3.63) is 35.5 Å². The summed E-state index contributed by atoms with van der Waals surface area (Å²) in [5, 5.41) is 12.9. The molecule has 19 heavy (non-hydrogen) atoms. The van der Waals surface area contributed by atoms with Crippen molar-refractivity contribution in [3.63, 3.8) is 0 Å². The largest absolute Gasteiger partial charge is 0.476 e. The summed E-state index contributed by atoms with van der Waals surface area (Å²) in [6.07, 6.45) is 0. The summed E-state index contributed by atoms with van der Waals surface area (Å²) in [6.45, 7) is 0.758. The predicted molar refractivity (Wildman–Crippen MR) is 65.9 cm³/mol. The van der Waals surface area contributed by atoms with E-state index in [2.05, 4.69) is 5.10 Å². The number of rotatable bonds is 2. The summed E-state index contributed by atoms with van der Waals surface area (Å²) >= 11 is 0. The molecule has 6 nitrogen and oxygen atoms in total. The highest BCUT2D eigenvalue weighted by Gasteiger charge is 2.15. The lowest BCUT2D eigenvalue weighted by atomic mass is 10.1. The van der Waals surface area contributed by atoms with Crippen LogP contribution in [0.2, 0.25) is 0 Å². The van der Waals surface area contributed by atoms with Crippen molar-refractivity contribution in [2.24, 2.45) is 7.05 Å². The number of ether oxygens (including phenoxy) is 2. The molecule has 0 atom stereocenters. The molecule has 1 aliphatic heterocycles. The highest BCUT2D eigenvalue weighted by atomic mass is 16.7. The molecular weight excluding hydrogens is 248 g/mol. The molecule has 2 aromatic rings. The Hall–Kier alpha value is -2.34. The molecule has 0 spiro atoms. The summed E-state index contributed by atoms with van der Waals surface area (Å²) in [4.78, 5) is 10.9. The first-order chi connectivity index (χ1) is 9.15. The van der Waals surface area contributed by atoms with Crippen molar-refractivity contribution in [1.82, 2.24) is 9.78 Å². The Morgan fingerprint density at radius 2 is 2.26 bits per heavy atom. The number of carbonyl (C=O) groups is 1. The topological polar surface area (TPSA) is 73.6 Å². The van der Waals surface area contributed by atoms with E-state index in [0.717, 1.165) is 22.6 Å². The maximum atomic E-state index is 10.9. The van der Waals surface area contributed by atoms with Crippen molar-refractivity contribution in [2.45, 2.75) is 6.61 Å². The molecule has 0 fully saturated rings. The molecule has 0 amide bonds. The lowest BCUT2D eigenvalue weighted by Crippen LogP contribution is -2.11. The molecule has 0 bridgehead atoms. The number of benzene rings is 1. The van der Waals surface area contributed by atoms with E-state index in [1.807, 2.05) is 18.2 Å². The van der Waals surface area contributed by atoms with Gasteiger partial charge in [0.15, 0.2) is 12.5 Å². The van der Waals surface area contributed by atoms with Gasteiger partial charge < -0.3 is 14.6 Å². The molecular formula is C13H12N2O4. The van der Waals surface area contributed by atoms with Gasteiger partial charge in [-0.25, -0.2) is 4.79 Å². The number of aromatic nitrogens is 2. The Kier molecular flexibility index (Phi) is 2.72. The van der Waals surface area contributed by atoms with Gasteiger partial charge in [0.25, 0.3) is 0 Å². The van der Waals surface area contributed by atoms with Crippen LogP contribution in [0.25, 0.3) is 11.3 Å². The van der Waals surface area contributed by atoms with E-state index < -0.39 is 5.97 Å². The molecule has 0 aliphatic carbocycles. The monoisotopic (exact) mass is 260 g/mol. The molecule has 0 saturated carbocycles. The highest BCUT2D eigenvalue weighted by molar-refractivity contribution is 5.87. The van der Waals surface area contributed by atoms with Gasteiger partial charge in [0, 0.05) is 18.2 Å². The number of carboxylic acid groups (broad SMARTS) is 1. The molecule has 0 unspecified atom stereocenters. The van der Waals surface area contributed by atoms with Crippen LogP contribution < -0.4 is 4.74 Å². The second-order valence-electron chi connectivity index (χ2n) is 4.28. The van der Waals surface area contributed by atoms with E-state index in [1.54, 1.807) is 17.8 Å². The lowest BCUT2D eigenvalue weighted by molar-refractivity contribution is -0.0163. The van der Waals surface area contributed by atoms with Gasteiger partial charge >= 0.3 is 5.97 Å². The van der Waals surface area contributed by atoms with E-state index in [1.165, 1.54) is 0 Å². The summed E-state index contributed by atoms with van der Waals surface area (Å²) in [7, 11) is 1.72. The number of hydrogen-bond donors (Lipinski definition) is 1. The molecule has 2 heterocycles. The summed E-state index contributed by atoms with van der Waals surface area (Å²) < 4.78 is 12.1. The third-order valence-electron chi connectivity index (χ3n) is 3.01. The molecule has 98 valence electrons. The summed E-state index contributed by atoms with van der Waals surface area (Å²) in [6, 6.07) is 7.22. The number of nitrogens with zero attached hydrogens (tertiary/aromatic N) is 2. The Morgan fingerprint density at radius 3 is 3.00 bits per heavy atom. The molecule has 1 aromatic heterocycles. The first kappa shape index (κ1) is 11.7. The number of aromatic carboxylic acids is 1. The Bertz CT molecular complexity index is 648. The van der Waals surface area contributed by atoms with E-state index >= 15 is 0 Å². The average Bonchev–Trinajstić information content (AvgIpc) is 2.80. The second kappa shape index (κ2) is 4.40. The first-order valence-electron chi connectivity index (χ1n) is 5.76. The lowest BCUT2D eigenvalue weighted by Gasteiger charge is -2.18. The second-order valence-corrected chi connectivity index (χ2v) is 4.28. The standard InChI is InChI=1S/C13H12N2O4/c1-15-11(5-10(14-15)13(16)17)8-2-3-12-9(4-8)6-18-7-19-12/h2-5H,6-7H2,1H3,(H,16,17). The van der Waals surface area contributed by atoms with Crippen LogP contribution >= 0.6 is 0 Å². The van der Waals surface area contributed by atoms with Crippen LogP contribution in [0.1, 0.15) is 16.1 Å². The maximum Gasteiger partial charge on any atom is 0.356 e. The van der Waals surface area contributed by atoms with Gasteiger partial charge in [0.05, 0.1) is 12.3 Å². The third kappa shape index (κ3) is 2.06. The van der Waals surface area contributed by atoms with Crippen molar-refractivity contribution >= 4 is 5.97 Å². The minimum Gasteiger partial charge on any atom is -0.476 e. The zero-order valence-electron chi connectivity index (χ0n) is 10.3. The summed E-state index contributed by atoms with van der Waals surface area (Å²) in [5.41, 5.74) is 2.60. The van der Waals surface area contributed by atoms with E-state index in [4.69, 9.17) is 14.6 Å². The molecule has 1 N–H and O–H groups in total. The Labute approximate surface area is 109 Å². The fraction of sp³-hybridized carbons (Fsp3) is 0.231. The van der Waals surface area contributed by atoms with Crippen LogP contribution in [0.4, 0.5) is 0 Å². The van der Waals surface area contributed by atoms with Gasteiger partial charge in [-0.15, -0.1) is 0 Å². The predicted octanol–water partition coefficient (Wildman–Crippen LogP) is 1.65. The number of carboxylic acids is 1. The first-order valence-corrected chi connectivity index (χ1v) is 5.76. The zero-order valence-corrected chi connectivity index (χ0v) is 10.3. The van der Waals surface area contributed by atoms with E-state index in [0.29, 0.717) is 6.61 Å². The molecule has 6 heteroatoms. The van der Waals surface area contributed by atoms with Gasteiger partial charge in [-0.2, -0.15) is 5.10 Å². The third-order valence-corrected chi connectivity index (χ3v) is 3.01. The normalized spacial score (nSPS) is 13.7. The van der Waals surface area contributed by atoms with Gasteiger partial charge in [0.2, 0.25) is 0 Å². The Morgan fingerprint density at radius 1 is 1.42 bits per heavy atom. The minimum atomic E-state index is -1.04. The van der Waals surface area contributed by atoms with Crippen LogP contribution in [0.15, 0.2) is 24.3 Å². The fourth-order valence-corrected chi connectivity index (χ4v) is 2.09. The smallest absolute Gasteiger partial charge is 0.356 e. The summed E-state index contributed by atoms with van der Waals surface area (Å²) in [5.74, 6) is -0.234. The van der Waals surface area contributed by atoms with Gasteiger partial charge in [0.1, 0.15) is 5.75 Å². The zero-order chi connectivity index (χ0) is 13.4. The van der Waals surface area contributed by atoms with Crippen molar-refractivity contribution in [1.29, 1.82) is 0 Å². The molecule has 0 radical (unpaired) electrons. The number of aryl methyl sites for hydroxylation is 1. The highest BCUT2D eigenvalue weighted by Crippen LogP contribution is 2.29. The molecule has 1 aliphatic rings. The van der Waals surface area contributed by atoms with Crippen LogP contribution in [0.5, 0.6) is 5.75 Å². The van der Waals surface area contributed by atoms with Gasteiger partial charge in [-0.05, 0) is 24.3 Å². The van der Waals surface area contributed by atoms with Crippen LogP contribution in [-0.2, 0) is 18.4 Å². The maximum absolute atomic E-state index is 10.9. The van der Waals surface area contributed by atoms with Crippen molar-refractivity contribution in [3.8, 4) is 17.0 Å². The SMILES string of the molecule is Cn1nc(C(=O)O)cc1-c1ccc2c(c1)COCO2. The number of fused-ring (bicyclic) bond motifs is 1. The van der Waals surface area contributed by atoms with Crippen LogP contribution in [0, 0.1) is 0 Å². The van der Waals surface area contributed by atoms with Gasteiger partial charge in [-0.3, -0.25) is 4.68 Å².